The van der Waals surface area contributed by atoms with E-state index in [1.54, 1.807) is 18.3 Å². The van der Waals surface area contributed by atoms with Crippen molar-refractivity contribution in [3.05, 3.63) is 54.4 Å². The minimum Gasteiger partial charge on any atom is -0.457 e. The monoisotopic (exact) mass is 311 g/mol. The van der Waals surface area contributed by atoms with Crippen molar-refractivity contribution in [1.29, 1.82) is 0 Å². The number of hydrogen-bond acceptors (Lipinski definition) is 4. The molecule has 1 aliphatic heterocycles. The third kappa shape index (κ3) is 3.87. The molecule has 3 rings (SSSR count). The third-order valence-corrected chi connectivity index (χ3v) is 4.05. The van der Waals surface area contributed by atoms with E-state index in [4.69, 9.17) is 4.74 Å². The smallest absolute Gasteiger partial charge is 0.272 e. The normalized spacial score (nSPS) is 17.8. The SMILES string of the molecule is CN[C@H]1CCCN(C(=O)c2cc(Oc3ccccc3)ccn2)C1. The van der Waals surface area contributed by atoms with Crippen molar-refractivity contribution in [2.45, 2.75) is 18.9 Å². The molecule has 1 aromatic heterocycles. The maximum atomic E-state index is 12.6. The van der Waals surface area contributed by atoms with E-state index in [0.29, 0.717) is 17.5 Å². The second-order valence-corrected chi connectivity index (χ2v) is 5.67. The van der Waals surface area contributed by atoms with Crippen LogP contribution in [0.1, 0.15) is 23.3 Å². The number of likely N-dealkylation sites (tertiary alicyclic amines) is 1. The Labute approximate surface area is 136 Å². The lowest BCUT2D eigenvalue weighted by molar-refractivity contribution is 0.0692. The van der Waals surface area contributed by atoms with Gasteiger partial charge in [0.25, 0.3) is 5.91 Å². The molecule has 0 bridgehead atoms. The van der Waals surface area contributed by atoms with Gasteiger partial charge in [-0.3, -0.25) is 9.78 Å². The number of piperidine rings is 1. The van der Waals surface area contributed by atoms with Gasteiger partial charge in [0, 0.05) is 31.4 Å². The van der Waals surface area contributed by atoms with Crippen molar-refractivity contribution < 1.29 is 9.53 Å². The summed E-state index contributed by atoms with van der Waals surface area (Å²) in [5.74, 6) is 1.32. The van der Waals surface area contributed by atoms with E-state index in [0.717, 1.165) is 31.7 Å². The highest BCUT2D eigenvalue weighted by molar-refractivity contribution is 5.92. The van der Waals surface area contributed by atoms with Crippen LogP contribution in [0.3, 0.4) is 0 Å². The van der Waals surface area contributed by atoms with Gasteiger partial charge in [0.1, 0.15) is 17.2 Å². The number of carbonyl (C=O) groups is 1. The number of nitrogens with one attached hydrogen (secondary N) is 1. The summed E-state index contributed by atoms with van der Waals surface area (Å²) in [7, 11) is 1.94. The fourth-order valence-corrected chi connectivity index (χ4v) is 2.78. The molecular formula is C18H21N3O2. The lowest BCUT2D eigenvalue weighted by Crippen LogP contribution is -2.47. The van der Waals surface area contributed by atoms with Gasteiger partial charge in [-0.15, -0.1) is 0 Å². The number of aromatic nitrogens is 1. The van der Waals surface area contributed by atoms with Gasteiger partial charge in [0.05, 0.1) is 0 Å². The Balaban J connectivity index is 1.72. The van der Waals surface area contributed by atoms with Crippen LogP contribution in [0, 0.1) is 0 Å². The number of amides is 1. The lowest BCUT2D eigenvalue weighted by Gasteiger charge is -2.32. The summed E-state index contributed by atoms with van der Waals surface area (Å²) in [6.07, 6.45) is 3.73. The average molecular weight is 311 g/mol. The molecule has 1 saturated heterocycles. The number of nitrogens with zero attached hydrogens (tertiary/aromatic N) is 2. The van der Waals surface area contributed by atoms with Gasteiger partial charge in [-0.05, 0) is 38.1 Å². The number of carbonyl (C=O) groups excluding carboxylic acids is 1. The fourth-order valence-electron chi connectivity index (χ4n) is 2.78. The summed E-state index contributed by atoms with van der Waals surface area (Å²) in [5, 5.41) is 3.25. The number of likely N-dealkylation sites (N-methyl/N-ethyl adjacent to an activating group) is 1. The predicted molar refractivity (Wildman–Crippen MR) is 88.7 cm³/mol. The van der Waals surface area contributed by atoms with Crippen LogP contribution in [0.5, 0.6) is 11.5 Å². The molecule has 1 amide bonds. The Bertz CT molecular complexity index is 660. The van der Waals surface area contributed by atoms with Gasteiger partial charge in [0.2, 0.25) is 0 Å². The first-order valence-electron chi connectivity index (χ1n) is 7.92. The molecule has 2 aromatic rings. The molecule has 0 aliphatic carbocycles. The highest BCUT2D eigenvalue weighted by Gasteiger charge is 2.24. The average Bonchev–Trinajstić information content (AvgIpc) is 2.62. The van der Waals surface area contributed by atoms with Crippen molar-refractivity contribution in [1.82, 2.24) is 15.2 Å². The molecule has 120 valence electrons. The van der Waals surface area contributed by atoms with Crippen LogP contribution in [0.25, 0.3) is 0 Å². The molecule has 0 radical (unpaired) electrons. The van der Waals surface area contributed by atoms with Crippen molar-refractivity contribution in [2.24, 2.45) is 0 Å². The van der Waals surface area contributed by atoms with Crippen molar-refractivity contribution >= 4 is 5.91 Å². The molecule has 1 N–H and O–H groups in total. The first kappa shape index (κ1) is 15.5. The molecule has 23 heavy (non-hydrogen) atoms. The predicted octanol–water partition coefficient (Wildman–Crippen LogP) is 2.70. The highest BCUT2D eigenvalue weighted by atomic mass is 16.5. The van der Waals surface area contributed by atoms with Crippen LogP contribution in [-0.4, -0.2) is 42.0 Å². The van der Waals surface area contributed by atoms with Crippen LogP contribution >= 0.6 is 0 Å². The number of para-hydroxylation sites is 1. The van der Waals surface area contributed by atoms with Gasteiger partial charge in [-0.25, -0.2) is 0 Å². The zero-order chi connectivity index (χ0) is 16.1. The standard InChI is InChI=1S/C18H21N3O2/c1-19-14-6-5-11-21(13-14)18(22)17-12-16(9-10-20-17)23-15-7-3-2-4-8-15/h2-4,7-10,12,14,19H,5-6,11,13H2,1H3/t14-/m0/s1. The molecule has 1 aromatic carbocycles. The topological polar surface area (TPSA) is 54.5 Å². The van der Waals surface area contributed by atoms with Crippen molar-refractivity contribution in [3.63, 3.8) is 0 Å². The summed E-state index contributed by atoms with van der Waals surface area (Å²) < 4.78 is 5.78. The molecule has 0 unspecified atom stereocenters. The second kappa shape index (κ2) is 7.24. The summed E-state index contributed by atoms with van der Waals surface area (Å²) in [5.41, 5.74) is 0.426. The fraction of sp³-hybridized carbons (Fsp3) is 0.333. The van der Waals surface area contributed by atoms with Crippen molar-refractivity contribution in [3.8, 4) is 11.5 Å². The molecule has 5 nitrogen and oxygen atoms in total. The summed E-state index contributed by atoms with van der Waals surface area (Å²) >= 11 is 0. The maximum Gasteiger partial charge on any atom is 0.272 e. The minimum absolute atomic E-state index is 0.0385. The Morgan fingerprint density at radius 1 is 1.26 bits per heavy atom. The largest absolute Gasteiger partial charge is 0.457 e. The van der Waals surface area contributed by atoms with E-state index in [-0.39, 0.29) is 5.91 Å². The zero-order valence-electron chi connectivity index (χ0n) is 13.2. The molecule has 1 aliphatic rings. The van der Waals surface area contributed by atoms with Gasteiger partial charge < -0.3 is 15.0 Å². The maximum absolute atomic E-state index is 12.6. The Hall–Kier alpha value is -2.40. The van der Waals surface area contributed by atoms with Gasteiger partial charge in [-0.1, -0.05) is 18.2 Å². The number of pyridine rings is 1. The highest BCUT2D eigenvalue weighted by Crippen LogP contribution is 2.22. The minimum atomic E-state index is -0.0385. The first-order chi connectivity index (χ1) is 11.3. The first-order valence-corrected chi connectivity index (χ1v) is 7.92. The van der Waals surface area contributed by atoms with Gasteiger partial charge >= 0.3 is 0 Å². The Morgan fingerprint density at radius 3 is 2.87 bits per heavy atom. The molecule has 0 saturated carbocycles. The molecule has 1 fully saturated rings. The lowest BCUT2D eigenvalue weighted by atomic mass is 10.1. The van der Waals surface area contributed by atoms with Gasteiger partial charge in [-0.2, -0.15) is 0 Å². The number of rotatable bonds is 4. The van der Waals surface area contributed by atoms with E-state index in [2.05, 4.69) is 10.3 Å². The van der Waals surface area contributed by atoms with Crippen LogP contribution < -0.4 is 10.1 Å². The van der Waals surface area contributed by atoms with E-state index in [1.165, 1.54) is 0 Å². The van der Waals surface area contributed by atoms with Crippen molar-refractivity contribution in [2.75, 3.05) is 20.1 Å². The van der Waals surface area contributed by atoms with E-state index >= 15 is 0 Å². The number of benzene rings is 1. The quantitative estimate of drug-likeness (QED) is 0.943. The zero-order valence-corrected chi connectivity index (χ0v) is 13.2. The molecule has 5 heteroatoms. The van der Waals surface area contributed by atoms with Gasteiger partial charge in [0.15, 0.2) is 0 Å². The molecular weight excluding hydrogens is 290 g/mol. The summed E-state index contributed by atoms with van der Waals surface area (Å²) in [6, 6.07) is 13.3. The van der Waals surface area contributed by atoms with Crippen LogP contribution in [0.2, 0.25) is 0 Å². The Kier molecular flexibility index (Phi) is 4.88. The van der Waals surface area contributed by atoms with E-state index in [1.807, 2.05) is 42.3 Å². The van der Waals surface area contributed by atoms with Crippen LogP contribution in [-0.2, 0) is 0 Å². The van der Waals surface area contributed by atoms with Crippen LogP contribution in [0.15, 0.2) is 48.7 Å². The number of ether oxygens (including phenoxy) is 1. The summed E-state index contributed by atoms with van der Waals surface area (Å²) in [6.45, 7) is 1.50. The van der Waals surface area contributed by atoms with Crippen LogP contribution in [0.4, 0.5) is 0 Å². The summed E-state index contributed by atoms with van der Waals surface area (Å²) in [4.78, 5) is 18.7. The molecule has 2 heterocycles. The molecule has 1 atom stereocenters. The second-order valence-electron chi connectivity index (χ2n) is 5.67. The third-order valence-electron chi connectivity index (χ3n) is 4.05. The molecule has 0 spiro atoms. The number of hydrogen-bond donors (Lipinski definition) is 1. The Morgan fingerprint density at radius 2 is 2.09 bits per heavy atom. The van der Waals surface area contributed by atoms with E-state index in [9.17, 15) is 4.79 Å². The van der Waals surface area contributed by atoms with E-state index < -0.39 is 0 Å².